The van der Waals surface area contributed by atoms with Gasteiger partial charge in [0.25, 0.3) is 5.91 Å². The van der Waals surface area contributed by atoms with E-state index in [1.807, 2.05) is 24.3 Å². The summed E-state index contributed by atoms with van der Waals surface area (Å²) in [6, 6.07) is 14.6. The first-order valence-electron chi connectivity index (χ1n) is 11.0. The Kier molecular flexibility index (Phi) is 9.59. The van der Waals surface area contributed by atoms with Crippen LogP contribution in [0.3, 0.4) is 0 Å². The molecule has 0 radical (unpaired) electrons. The Labute approximate surface area is 194 Å². The molecule has 33 heavy (non-hydrogen) atoms. The SMILES string of the molecule is CN1CCOCC1.O=CN(Cc1ccc(C(=O)NO)cc1)c1cccc(C2=CCOCC2)c1. The lowest BCUT2D eigenvalue weighted by atomic mass is 10.0. The molecule has 2 aromatic carbocycles. The average Bonchev–Trinajstić information content (AvgIpc) is 2.88. The highest BCUT2D eigenvalue weighted by molar-refractivity contribution is 5.93. The lowest BCUT2D eigenvalue weighted by Gasteiger charge is -2.21. The first-order chi connectivity index (χ1) is 16.1. The first-order valence-corrected chi connectivity index (χ1v) is 11.0. The number of rotatable bonds is 6. The molecule has 2 amide bonds. The Morgan fingerprint density at radius 1 is 1.12 bits per heavy atom. The van der Waals surface area contributed by atoms with Gasteiger partial charge >= 0.3 is 0 Å². The van der Waals surface area contributed by atoms with Crippen LogP contribution in [0.1, 0.15) is 27.9 Å². The summed E-state index contributed by atoms with van der Waals surface area (Å²) in [7, 11) is 2.11. The average molecular weight is 454 g/mol. The second-order valence-electron chi connectivity index (χ2n) is 7.89. The molecule has 2 heterocycles. The van der Waals surface area contributed by atoms with Crippen molar-refractivity contribution in [2.45, 2.75) is 13.0 Å². The number of amides is 2. The number of carbonyl (C=O) groups is 2. The Morgan fingerprint density at radius 3 is 2.45 bits per heavy atom. The smallest absolute Gasteiger partial charge is 0.274 e. The molecular formula is C25H31N3O5. The molecule has 0 atom stereocenters. The zero-order valence-electron chi connectivity index (χ0n) is 18.9. The highest BCUT2D eigenvalue weighted by Crippen LogP contribution is 2.26. The van der Waals surface area contributed by atoms with E-state index in [1.54, 1.807) is 34.6 Å². The summed E-state index contributed by atoms with van der Waals surface area (Å²) in [5, 5.41) is 8.66. The van der Waals surface area contributed by atoms with Gasteiger partial charge in [0, 0.05) is 24.3 Å². The minimum Gasteiger partial charge on any atom is -0.379 e. The van der Waals surface area contributed by atoms with E-state index in [1.165, 1.54) is 5.57 Å². The number of ether oxygens (including phenoxy) is 2. The lowest BCUT2D eigenvalue weighted by Crippen LogP contribution is -2.32. The fourth-order valence-electron chi connectivity index (χ4n) is 3.54. The maximum atomic E-state index is 11.6. The number of benzene rings is 2. The van der Waals surface area contributed by atoms with E-state index in [4.69, 9.17) is 14.7 Å². The number of hydrogen-bond donors (Lipinski definition) is 2. The van der Waals surface area contributed by atoms with Crippen LogP contribution in [0.5, 0.6) is 0 Å². The van der Waals surface area contributed by atoms with Gasteiger partial charge < -0.3 is 19.3 Å². The van der Waals surface area contributed by atoms with Crippen LogP contribution in [0.15, 0.2) is 54.6 Å². The minimum absolute atomic E-state index is 0.349. The van der Waals surface area contributed by atoms with Gasteiger partial charge in [-0.2, -0.15) is 0 Å². The molecule has 0 saturated carbocycles. The molecule has 2 aromatic rings. The van der Waals surface area contributed by atoms with Gasteiger partial charge in [-0.1, -0.05) is 30.3 Å². The second-order valence-corrected chi connectivity index (χ2v) is 7.89. The predicted octanol–water partition coefficient (Wildman–Crippen LogP) is 2.72. The van der Waals surface area contributed by atoms with Gasteiger partial charge in [-0.05, 0) is 54.4 Å². The number of anilines is 1. The summed E-state index contributed by atoms with van der Waals surface area (Å²) >= 11 is 0. The zero-order valence-corrected chi connectivity index (χ0v) is 18.9. The molecule has 176 valence electrons. The third kappa shape index (κ3) is 7.50. The molecular weight excluding hydrogens is 422 g/mol. The molecule has 4 rings (SSSR count). The number of likely N-dealkylation sites (N-methyl/N-ethyl adjacent to an activating group) is 1. The number of nitrogens with one attached hydrogen (secondary N) is 1. The van der Waals surface area contributed by atoms with Gasteiger partial charge in [-0.15, -0.1) is 0 Å². The minimum atomic E-state index is -0.568. The molecule has 1 fully saturated rings. The van der Waals surface area contributed by atoms with Crippen LogP contribution in [-0.2, 0) is 20.8 Å². The number of morpholine rings is 1. The highest BCUT2D eigenvalue weighted by Gasteiger charge is 2.11. The van der Waals surface area contributed by atoms with Crippen LogP contribution in [0.25, 0.3) is 5.57 Å². The molecule has 0 aromatic heterocycles. The standard InChI is InChI=1S/C20H20N2O4.C5H11NO/c23-14-22(13-15-4-6-17(7-5-15)20(24)21-25)19-3-1-2-18(12-19)16-8-10-26-11-9-16;1-6-2-4-7-5-3-6/h1-8,12,14,25H,9-11,13H2,(H,21,24);2-5H2,1H3. The van der Waals surface area contributed by atoms with Crippen molar-refractivity contribution in [3.05, 3.63) is 71.3 Å². The number of hydroxylamine groups is 1. The van der Waals surface area contributed by atoms with E-state index in [0.29, 0.717) is 25.3 Å². The summed E-state index contributed by atoms with van der Waals surface area (Å²) in [5.74, 6) is -0.568. The summed E-state index contributed by atoms with van der Waals surface area (Å²) < 4.78 is 10.4. The molecule has 0 aliphatic carbocycles. The van der Waals surface area contributed by atoms with Crippen molar-refractivity contribution in [2.24, 2.45) is 0 Å². The van der Waals surface area contributed by atoms with Gasteiger partial charge in [0.2, 0.25) is 6.41 Å². The molecule has 0 bridgehead atoms. The van der Waals surface area contributed by atoms with Gasteiger partial charge in [0.1, 0.15) is 0 Å². The van der Waals surface area contributed by atoms with Crippen LogP contribution in [0, 0.1) is 0 Å². The lowest BCUT2D eigenvalue weighted by molar-refractivity contribution is -0.107. The van der Waals surface area contributed by atoms with Gasteiger partial charge in [-0.25, -0.2) is 5.48 Å². The molecule has 0 spiro atoms. The summed E-state index contributed by atoms with van der Waals surface area (Å²) in [4.78, 5) is 26.9. The van der Waals surface area contributed by atoms with Gasteiger partial charge in [0.05, 0.1) is 33.0 Å². The highest BCUT2D eigenvalue weighted by atomic mass is 16.5. The predicted molar refractivity (Wildman–Crippen MR) is 126 cm³/mol. The van der Waals surface area contributed by atoms with E-state index in [9.17, 15) is 9.59 Å². The molecule has 2 aliphatic rings. The van der Waals surface area contributed by atoms with Gasteiger partial charge in [0.15, 0.2) is 0 Å². The van der Waals surface area contributed by atoms with E-state index in [2.05, 4.69) is 18.0 Å². The summed E-state index contributed by atoms with van der Waals surface area (Å²) in [5.41, 5.74) is 5.95. The molecule has 1 saturated heterocycles. The molecule has 8 heteroatoms. The van der Waals surface area contributed by atoms with Crippen molar-refractivity contribution in [1.82, 2.24) is 10.4 Å². The Hall–Kier alpha value is -3.04. The quantitative estimate of drug-likeness (QED) is 0.397. The molecule has 8 nitrogen and oxygen atoms in total. The van der Waals surface area contributed by atoms with Gasteiger partial charge in [-0.3, -0.25) is 14.8 Å². The number of nitrogens with zero attached hydrogens (tertiary/aromatic N) is 2. The Bertz CT molecular complexity index is 939. The van der Waals surface area contributed by atoms with Crippen LogP contribution in [0.4, 0.5) is 5.69 Å². The monoisotopic (exact) mass is 453 g/mol. The Morgan fingerprint density at radius 2 is 1.88 bits per heavy atom. The van der Waals surface area contributed by atoms with Crippen LogP contribution in [0.2, 0.25) is 0 Å². The molecule has 2 aliphatic heterocycles. The normalized spacial score (nSPS) is 16.1. The van der Waals surface area contributed by atoms with E-state index < -0.39 is 5.91 Å². The van der Waals surface area contributed by atoms with E-state index in [0.717, 1.165) is 55.9 Å². The van der Waals surface area contributed by atoms with Crippen molar-refractivity contribution < 1.29 is 24.3 Å². The summed E-state index contributed by atoms with van der Waals surface area (Å²) in [6.07, 6.45) is 3.73. The maximum Gasteiger partial charge on any atom is 0.274 e. The Balaban J connectivity index is 0.000000374. The fraction of sp³-hybridized carbons (Fsp3) is 0.360. The van der Waals surface area contributed by atoms with Crippen molar-refractivity contribution in [1.29, 1.82) is 0 Å². The van der Waals surface area contributed by atoms with E-state index >= 15 is 0 Å². The van der Waals surface area contributed by atoms with Crippen LogP contribution < -0.4 is 10.4 Å². The van der Waals surface area contributed by atoms with Crippen LogP contribution in [-0.4, -0.2) is 69.0 Å². The fourth-order valence-corrected chi connectivity index (χ4v) is 3.54. The van der Waals surface area contributed by atoms with Crippen LogP contribution >= 0.6 is 0 Å². The van der Waals surface area contributed by atoms with Crippen molar-refractivity contribution in [3.8, 4) is 0 Å². The van der Waals surface area contributed by atoms with Crippen molar-refractivity contribution >= 4 is 23.6 Å². The topological polar surface area (TPSA) is 91.3 Å². The van der Waals surface area contributed by atoms with E-state index in [-0.39, 0.29) is 0 Å². The van der Waals surface area contributed by atoms with Crippen molar-refractivity contribution in [3.63, 3.8) is 0 Å². The third-order valence-electron chi connectivity index (χ3n) is 5.54. The third-order valence-corrected chi connectivity index (χ3v) is 5.54. The molecule has 2 N–H and O–H groups in total. The second kappa shape index (κ2) is 12.9. The summed E-state index contributed by atoms with van der Waals surface area (Å²) in [6.45, 7) is 5.73. The molecule has 0 unspecified atom stereocenters. The number of carbonyl (C=O) groups excluding carboxylic acids is 2. The zero-order chi connectivity index (χ0) is 23.5. The first kappa shape index (κ1) is 24.6. The number of hydrogen-bond acceptors (Lipinski definition) is 6. The van der Waals surface area contributed by atoms with Crippen molar-refractivity contribution in [2.75, 3.05) is 51.5 Å². The maximum absolute atomic E-state index is 11.6. The largest absolute Gasteiger partial charge is 0.379 e.